The lowest BCUT2D eigenvalue weighted by Gasteiger charge is -2.27. The molecule has 1 aromatic carbocycles. The third kappa shape index (κ3) is 3.72. The molecule has 8 heteroatoms. The fraction of sp³-hybridized carbons (Fsp3) is 0.438. The molecular weight excluding hydrogens is 314 g/mol. The van der Waals surface area contributed by atoms with E-state index in [0.29, 0.717) is 12.8 Å². The van der Waals surface area contributed by atoms with E-state index in [1.54, 1.807) is 0 Å². The van der Waals surface area contributed by atoms with Crippen LogP contribution in [0.2, 0.25) is 0 Å². The minimum absolute atomic E-state index is 0.417. The van der Waals surface area contributed by atoms with Crippen LogP contribution in [0.5, 0.6) is 0 Å². The smallest absolute Gasteiger partial charge is 0.325 e. The van der Waals surface area contributed by atoms with Crippen LogP contribution >= 0.6 is 0 Å². The number of carbonyl (C=O) groups excluding carboxylic acids is 3. The van der Waals surface area contributed by atoms with Gasteiger partial charge in [-0.1, -0.05) is 30.3 Å². The average Bonchev–Trinajstić information content (AvgIpc) is 2.88. The maximum absolute atomic E-state index is 12.5. The van der Waals surface area contributed by atoms with Crippen LogP contribution < -0.4 is 10.8 Å². The molecular formula is C16H21N3O5. The Morgan fingerprint density at radius 3 is 2.62 bits per heavy atom. The van der Waals surface area contributed by atoms with Crippen molar-refractivity contribution in [2.24, 2.45) is 0 Å². The number of nitrogens with zero attached hydrogens (tertiary/aromatic N) is 1. The number of urea groups is 1. The van der Waals surface area contributed by atoms with Crippen LogP contribution in [0.25, 0.3) is 0 Å². The molecule has 4 amide bonds. The van der Waals surface area contributed by atoms with Gasteiger partial charge in [0.2, 0.25) is 0 Å². The number of aryl methyl sites for hydroxylation is 1. The zero-order chi connectivity index (χ0) is 17.7. The van der Waals surface area contributed by atoms with Crippen molar-refractivity contribution in [3.63, 3.8) is 0 Å². The SMILES string of the molecule is COC(C)[C@H](C(=O)NO)N1C(=O)N[C@@H](CCc2ccccc2)C1=O. The zero-order valence-electron chi connectivity index (χ0n) is 13.6. The molecule has 3 atom stereocenters. The zero-order valence-corrected chi connectivity index (χ0v) is 13.6. The third-order valence-corrected chi connectivity index (χ3v) is 4.09. The summed E-state index contributed by atoms with van der Waals surface area (Å²) in [6.45, 7) is 1.54. The second kappa shape index (κ2) is 7.89. The van der Waals surface area contributed by atoms with Crippen LogP contribution in [0.15, 0.2) is 30.3 Å². The maximum Gasteiger partial charge on any atom is 0.325 e. The second-order valence-electron chi connectivity index (χ2n) is 5.60. The van der Waals surface area contributed by atoms with Crippen LogP contribution in [0.3, 0.4) is 0 Å². The Balaban J connectivity index is 2.10. The normalized spacial score (nSPS) is 19.8. The molecule has 0 saturated carbocycles. The maximum atomic E-state index is 12.5. The van der Waals surface area contributed by atoms with Gasteiger partial charge in [0.1, 0.15) is 12.1 Å². The highest BCUT2D eigenvalue weighted by Gasteiger charge is 2.46. The van der Waals surface area contributed by atoms with Crippen molar-refractivity contribution in [3.8, 4) is 0 Å². The second-order valence-corrected chi connectivity index (χ2v) is 5.60. The van der Waals surface area contributed by atoms with E-state index in [4.69, 9.17) is 9.94 Å². The van der Waals surface area contributed by atoms with Gasteiger partial charge >= 0.3 is 6.03 Å². The molecule has 1 fully saturated rings. The monoisotopic (exact) mass is 335 g/mol. The Morgan fingerprint density at radius 1 is 1.38 bits per heavy atom. The van der Waals surface area contributed by atoms with Gasteiger partial charge in [0.15, 0.2) is 0 Å². The first-order valence-corrected chi connectivity index (χ1v) is 7.63. The van der Waals surface area contributed by atoms with Crippen LogP contribution in [-0.4, -0.2) is 53.3 Å². The number of carbonyl (C=O) groups is 3. The van der Waals surface area contributed by atoms with Crippen LogP contribution in [-0.2, 0) is 20.7 Å². The number of imide groups is 1. The summed E-state index contributed by atoms with van der Waals surface area (Å²) in [6, 6.07) is 6.96. The molecule has 1 aliphatic heterocycles. The average molecular weight is 335 g/mol. The lowest BCUT2D eigenvalue weighted by Crippen LogP contribution is -2.55. The molecule has 0 spiro atoms. The summed E-state index contributed by atoms with van der Waals surface area (Å²) in [5.41, 5.74) is 2.53. The van der Waals surface area contributed by atoms with Crippen molar-refractivity contribution >= 4 is 17.8 Å². The van der Waals surface area contributed by atoms with Gasteiger partial charge in [0, 0.05) is 7.11 Å². The standard InChI is InChI=1S/C16H21N3O5/c1-10(24-2)13(14(20)18-23)19-15(21)12(17-16(19)22)9-8-11-6-4-3-5-7-11/h3-7,10,12-13,23H,8-9H2,1-2H3,(H,17,22)(H,18,20)/t10?,12-,13+/m0/s1. The predicted molar refractivity (Wildman–Crippen MR) is 84.1 cm³/mol. The first kappa shape index (κ1) is 17.9. The molecule has 1 saturated heterocycles. The highest BCUT2D eigenvalue weighted by atomic mass is 16.5. The molecule has 0 radical (unpaired) electrons. The lowest BCUT2D eigenvalue weighted by molar-refractivity contribution is -0.145. The number of hydroxylamine groups is 1. The van der Waals surface area contributed by atoms with Crippen molar-refractivity contribution in [3.05, 3.63) is 35.9 Å². The first-order valence-electron chi connectivity index (χ1n) is 7.63. The molecule has 3 N–H and O–H groups in total. The van der Waals surface area contributed by atoms with E-state index in [1.807, 2.05) is 30.3 Å². The van der Waals surface area contributed by atoms with E-state index >= 15 is 0 Å². The number of amides is 4. The van der Waals surface area contributed by atoms with E-state index in [-0.39, 0.29) is 0 Å². The quantitative estimate of drug-likeness (QED) is 0.381. The predicted octanol–water partition coefficient (Wildman–Crippen LogP) is 0.449. The van der Waals surface area contributed by atoms with Crippen molar-refractivity contribution in [2.75, 3.05) is 7.11 Å². The summed E-state index contributed by atoms with van der Waals surface area (Å²) in [5.74, 6) is -1.38. The topological polar surface area (TPSA) is 108 Å². The van der Waals surface area contributed by atoms with Gasteiger partial charge in [0.05, 0.1) is 6.10 Å². The number of nitrogens with one attached hydrogen (secondary N) is 2. The Kier molecular flexibility index (Phi) is 5.88. The van der Waals surface area contributed by atoms with Crippen molar-refractivity contribution in [1.29, 1.82) is 0 Å². The third-order valence-electron chi connectivity index (χ3n) is 4.09. The van der Waals surface area contributed by atoms with E-state index in [0.717, 1.165) is 10.5 Å². The molecule has 8 nitrogen and oxygen atoms in total. The fourth-order valence-electron chi connectivity index (χ4n) is 2.70. The lowest BCUT2D eigenvalue weighted by atomic mass is 10.0. The minimum Gasteiger partial charge on any atom is -0.379 e. The number of ether oxygens (including phenoxy) is 1. The Bertz CT molecular complexity index is 607. The van der Waals surface area contributed by atoms with Gasteiger partial charge in [0.25, 0.3) is 11.8 Å². The van der Waals surface area contributed by atoms with Crippen molar-refractivity contribution < 1.29 is 24.3 Å². The molecule has 0 aliphatic carbocycles. The first-order chi connectivity index (χ1) is 11.5. The van der Waals surface area contributed by atoms with Crippen LogP contribution in [0.4, 0.5) is 4.79 Å². The summed E-state index contributed by atoms with van der Waals surface area (Å²) >= 11 is 0. The molecule has 0 bridgehead atoms. The van der Waals surface area contributed by atoms with Crippen molar-refractivity contribution in [2.45, 2.75) is 38.0 Å². The number of hydrogen-bond donors (Lipinski definition) is 3. The molecule has 1 aliphatic rings. The van der Waals surface area contributed by atoms with Gasteiger partial charge < -0.3 is 10.1 Å². The van der Waals surface area contributed by atoms with Gasteiger partial charge in [-0.15, -0.1) is 0 Å². The molecule has 130 valence electrons. The molecule has 1 unspecified atom stereocenters. The molecule has 1 heterocycles. The fourth-order valence-corrected chi connectivity index (χ4v) is 2.70. The van der Waals surface area contributed by atoms with E-state index in [9.17, 15) is 14.4 Å². The van der Waals surface area contributed by atoms with E-state index < -0.39 is 36.0 Å². The highest BCUT2D eigenvalue weighted by Crippen LogP contribution is 2.18. The molecule has 0 aromatic heterocycles. The van der Waals surface area contributed by atoms with Gasteiger partial charge in [-0.2, -0.15) is 0 Å². The number of rotatable bonds is 7. The van der Waals surface area contributed by atoms with Gasteiger partial charge in [-0.05, 0) is 25.3 Å². The molecule has 2 rings (SSSR count). The van der Waals surface area contributed by atoms with Crippen molar-refractivity contribution in [1.82, 2.24) is 15.7 Å². The molecule has 1 aromatic rings. The summed E-state index contributed by atoms with van der Waals surface area (Å²) in [5, 5.41) is 11.5. The number of benzene rings is 1. The van der Waals surface area contributed by atoms with Gasteiger partial charge in [-0.25, -0.2) is 15.2 Å². The Morgan fingerprint density at radius 2 is 2.04 bits per heavy atom. The number of hydrogen-bond acceptors (Lipinski definition) is 5. The summed E-state index contributed by atoms with van der Waals surface area (Å²) in [7, 11) is 1.35. The largest absolute Gasteiger partial charge is 0.379 e. The molecule has 24 heavy (non-hydrogen) atoms. The summed E-state index contributed by atoms with van der Waals surface area (Å²) in [4.78, 5) is 37.4. The summed E-state index contributed by atoms with van der Waals surface area (Å²) in [6.07, 6.45) is 0.266. The van der Waals surface area contributed by atoms with E-state index in [2.05, 4.69) is 5.32 Å². The Hall–Kier alpha value is -2.45. The highest BCUT2D eigenvalue weighted by molar-refractivity contribution is 6.07. The summed E-state index contributed by atoms with van der Waals surface area (Å²) < 4.78 is 5.06. The van der Waals surface area contributed by atoms with E-state index in [1.165, 1.54) is 19.5 Å². The minimum atomic E-state index is -1.24. The van der Waals surface area contributed by atoms with Crippen LogP contribution in [0, 0.1) is 0 Å². The Labute approximate surface area is 139 Å². The number of methoxy groups -OCH3 is 1. The van der Waals surface area contributed by atoms with Crippen LogP contribution in [0.1, 0.15) is 18.9 Å². The van der Waals surface area contributed by atoms with Gasteiger partial charge in [-0.3, -0.25) is 14.8 Å².